The van der Waals surface area contributed by atoms with Gasteiger partial charge in [0.1, 0.15) is 12.4 Å². The number of ether oxygens (including phenoxy) is 1. The Kier molecular flexibility index (Phi) is 5.20. The minimum Gasteiger partial charge on any atom is -0.490 e. The van der Waals surface area contributed by atoms with Gasteiger partial charge in [0.2, 0.25) is 0 Å². The second-order valence-electron chi connectivity index (χ2n) is 5.63. The topological polar surface area (TPSA) is 51.4 Å². The first-order valence-electron chi connectivity index (χ1n) is 7.10. The fourth-order valence-corrected chi connectivity index (χ4v) is 2.71. The van der Waals surface area contributed by atoms with Crippen LogP contribution < -0.4 is 10.5 Å². The quantitative estimate of drug-likeness (QED) is 0.830. The Morgan fingerprint density at radius 2 is 2.10 bits per heavy atom. The predicted octanol–water partition coefficient (Wildman–Crippen LogP) is 3.46. The van der Waals surface area contributed by atoms with Gasteiger partial charge in [0.05, 0.1) is 16.4 Å². The third kappa shape index (κ3) is 4.19. The minimum absolute atomic E-state index is 0.453. The van der Waals surface area contributed by atoms with Crippen LogP contribution in [0, 0.1) is 0 Å². The number of thiazole rings is 1. The Hall–Kier alpha value is -1.59. The smallest absolute Gasteiger partial charge is 0.142 e. The maximum Gasteiger partial charge on any atom is 0.142 e. The molecule has 2 N–H and O–H groups in total. The van der Waals surface area contributed by atoms with E-state index in [4.69, 9.17) is 10.5 Å². The summed E-state index contributed by atoms with van der Waals surface area (Å²) >= 11 is 1.69. The molecule has 0 saturated carbocycles. The summed E-state index contributed by atoms with van der Waals surface area (Å²) in [6, 6.07) is 5.87. The lowest BCUT2D eigenvalue weighted by molar-refractivity contribution is 0.262. The molecule has 0 atom stereocenters. The normalized spacial score (nSPS) is 11.3. The number of nitrogens with zero attached hydrogens (tertiary/aromatic N) is 2. The third-order valence-corrected chi connectivity index (χ3v) is 4.26. The van der Waals surface area contributed by atoms with Crippen molar-refractivity contribution in [1.29, 1.82) is 0 Å². The van der Waals surface area contributed by atoms with E-state index < -0.39 is 0 Å². The van der Waals surface area contributed by atoms with E-state index in [1.165, 1.54) is 0 Å². The predicted molar refractivity (Wildman–Crippen MR) is 90.1 cm³/mol. The first kappa shape index (κ1) is 15.8. The van der Waals surface area contributed by atoms with Crippen LogP contribution in [0.4, 0.5) is 5.69 Å². The highest BCUT2D eigenvalue weighted by Crippen LogP contribution is 2.30. The average Bonchev–Trinajstić information content (AvgIpc) is 2.90. The minimum atomic E-state index is 0.453. The molecule has 2 aromatic rings. The molecule has 0 saturated heterocycles. The molecule has 0 radical (unpaired) electrons. The Bertz CT molecular complexity index is 593. The van der Waals surface area contributed by atoms with Gasteiger partial charge in [0, 0.05) is 23.4 Å². The van der Waals surface area contributed by atoms with Crippen molar-refractivity contribution in [3.05, 3.63) is 28.6 Å². The fraction of sp³-hybridized carbons (Fsp3) is 0.438. The van der Waals surface area contributed by atoms with Gasteiger partial charge in [0.15, 0.2) is 0 Å². The summed E-state index contributed by atoms with van der Waals surface area (Å²) in [6.07, 6.45) is 0. The number of likely N-dealkylation sites (N-methyl/N-ethyl adjacent to an activating group) is 1. The molecule has 2 rings (SSSR count). The first-order chi connectivity index (χ1) is 9.97. The summed E-state index contributed by atoms with van der Waals surface area (Å²) in [7, 11) is 4.04. The van der Waals surface area contributed by atoms with E-state index in [9.17, 15) is 0 Å². The molecule has 0 fully saturated rings. The van der Waals surface area contributed by atoms with Crippen molar-refractivity contribution in [2.75, 3.05) is 33.0 Å². The van der Waals surface area contributed by atoms with E-state index in [0.29, 0.717) is 18.2 Å². The summed E-state index contributed by atoms with van der Waals surface area (Å²) in [4.78, 5) is 6.73. The largest absolute Gasteiger partial charge is 0.490 e. The molecule has 4 nitrogen and oxygen atoms in total. The van der Waals surface area contributed by atoms with Crippen molar-refractivity contribution in [1.82, 2.24) is 9.88 Å². The molecule has 1 aromatic carbocycles. The highest BCUT2D eigenvalue weighted by Gasteiger charge is 2.09. The fourth-order valence-electron chi connectivity index (χ4n) is 1.86. The molecule has 114 valence electrons. The Morgan fingerprint density at radius 1 is 1.33 bits per heavy atom. The van der Waals surface area contributed by atoms with Gasteiger partial charge in [-0.25, -0.2) is 4.98 Å². The molecule has 21 heavy (non-hydrogen) atoms. The zero-order valence-corrected chi connectivity index (χ0v) is 13.9. The van der Waals surface area contributed by atoms with Gasteiger partial charge in [-0.05, 0) is 32.3 Å². The lowest BCUT2D eigenvalue weighted by atomic mass is 10.1. The molecule has 0 unspecified atom stereocenters. The van der Waals surface area contributed by atoms with E-state index in [-0.39, 0.29) is 0 Å². The monoisotopic (exact) mass is 305 g/mol. The Labute approximate surface area is 130 Å². The Balaban J connectivity index is 2.10. The van der Waals surface area contributed by atoms with Gasteiger partial charge in [-0.2, -0.15) is 0 Å². The van der Waals surface area contributed by atoms with Crippen LogP contribution in [0.1, 0.15) is 24.8 Å². The second-order valence-corrected chi connectivity index (χ2v) is 6.52. The summed E-state index contributed by atoms with van der Waals surface area (Å²) in [6.45, 7) is 5.80. The maximum absolute atomic E-state index is 6.08. The third-order valence-electron chi connectivity index (χ3n) is 3.12. The van der Waals surface area contributed by atoms with Crippen LogP contribution in [-0.4, -0.2) is 37.1 Å². The molecule has 0 aliphatic carbocycles. The van der Waals surface area contributed by atoms with Gasteiger partial charge in [0.25, 0.3) is 0 Å². The first-order valence-corrected chi connectivity index (χ1v) is 7.98. The number of hydrogen-bond acceptors (Lipinski definition) is 5. The van der Waals surface area contributed by atoms with Crippen LogP contribution in [0.5, 0.6) is 5.75 Å². The number of benzene rings is 1. The number of anilines is 1. The van der Waals surface area contributed by atoms with Crippen molar-refractivity contribution in [2.24, 2.45) is 0 Å². The molecule has 0 amide bonds. The van der Waals surface area contributed by atoms with Crippen LogP contribution in [0.15, 0.2) is 23.6 Å². The molecule has 0 bridgehead atoms. The van der Waals surface area contributed by atoms with Crippen molar-refractivity contribution in [3.63, 3.8) is 0 Å². The number of aromatic nitrogens is 1. The van der Waals surface area contributed by atoms with E-state index in [0.717, 1.165) is 28.6 Å². The van der Waals surface area contributed by atoms with Crippen molar-refractivity contribution in [2.45, 2.75) is 19.8 Å². The molecule has 0 aliphatic heterocycles. The van der Waals surface area contributed by atoms with Gasteiger partial charge >= 0.3 is 0 Å². The van der Waals surface area contributed by atoms with Crippen LogP contribution in [0.25, 0.3) is 11.3 Å². The lowest BCUT2D eigenvalue weighted by Gasteiger charge is -2.13. The van der Waals surface area contributed by atoms with E-state index in [1.807, 2.05) is 32.3 Å². The zero-order valence-electron chi connectivity index (χ0n) is 13.1. The van der Waals surface area contributed by atoms with Crippen LogP contribution in [-0.2, 0) is 0 Å². The molecular weight excluding hydrogens is 282 g/mol. The lowest BCUT2D eigenvalue weighted by Crippen LogP contribution is -2.19. The zero-order chi connectivity index (χ0) is 15.4. The van der Waals surface area contributed by atoms with Crippen molar-refractivity contribution < 1.29 is 4.74 Å². The molecule has 0 spiro atoms. The maximum atomic E-state index is 6.08. The molecular formula is C16H23N3OS. The van der Waals surface area contributed by atoms with Crippen LogP contribution in [0.2, 0.25) is 0 Å². The highest BCUT2D eigenvalue weighted by molar-refractivity contribution is 7.10. The van der Waals surface area contributed by atoms with Gasteiger partial charge in [-0.15, -0.1) is 11.3 Å². The molecule has 1 aromatic heterocycles. The van der Waals surface area contributed by atoms with Crippen LogP contribution >= 0.6 is 11.3 Å². The number of nitrogens with two attached hydrogens (primary N) is 1. The second kappa shape index (κ2) is 6.91. The molecule has 1 heterocycles. The van der Waals surface area contributed by atoms with Gasteiger partial charge in [-0.1, -0.05) is 13.8 Å². The van der Waals surface area contributed by atoms with Gasteiger partial charge in [-0.3, -0.25) is 0 Å². The number of rotatable bonds is 6. The van der Waals surface area contributed by atoms with E-state index >= 15 is 0 Å². The van der Waals surface area contributed by atoms with Crippen molar-refractivity contribution >= 4 is 17.0 Å². The van der Waals surface area contributed by atoms with E-state index in [1.54, 1.807) is 11.3 Å². The average molecular weight is 305 g/mol. The van der Waals surface area contributed by atoms with Crippen LogP contribution in [0.3, 0.4) is 0 Å². The number of hydrogen-bond donors (Lipinski definition) is 1. The Morgan fingerprint density at radius 3 is 2.67 bits per heavy atom. The molecule has 0 aliphatic rings. The van der Waals surface area contributed by atoms with Crippen molar-refractivity contribution in [3.8, 4) is 17.0 Å². The SMILES string of the molecule is CC(C)c1nc(-c2ccc(OCCN(C)C)c(N)c2)cs1. The summed E-state index contributed by atoms with van der Waals surface area (Å²) in [5.74, 6) is 1.19. The highest BCUT2D eigenvalue weighted by atomic mass is 32.1. The number of nitrogen functional groups attached to an aromatic ring is 1. The summed E-state index contributed by atoms with van der Waals surface area (Å²) in [5, 5.41) is 3.23. The van der Waals surface area contributed by atoms with Gasteiger partial charge < -0.3 is 15.4 Å². The summed E-state index contributed by atoms with van der Waals surface area (Å²) < 4.78 is 5.70. The molecule has 5 heteroatoms. The van der Waals surface area contributed by atoms with E-state index in [2.05, 4.69) is 29.1 Å². The summed E-state index contributed by atoms with van der Waals surface area (Å²) in [5.41, 5.74) is 8.76. The standard InChI is InChI=1S/C16H23N3OS/c1-11(2)16-18-14(10-21-16)12-5-6-15(13(17)9-12)20-8-7-19(3)4/h5-6,9-11H,7-8,17H2,1-4H3.